The molecular weight excluding hydrogens is 208 g/mol. The fourth-order valence-corrected chi connectivity index (χ4v) is 0.933. The van der Waals surface area contributed by atoms with Crippen LogP contribution in [0.4, 0.5) is 0 Å². The summed E-state index contributed by atoms with van der Waals surface area (Å²) in [6, 6.07) is 1.46. The number of primary amides is 1. The topological polar surface area (TPSA) is 82.3 Å². The van der Waals surface area contributed by atoms with E-state index in [0.29, 0.717) is 5.56 Å². The Morgan fingerprint density at radius 3 is 2.88 bits per heavy atom. The maximum absolute atomic E-state index is 10.9. The number of nitrogens with two attached hydrogens (primary N) is 1. The molecule has 0 aliphatic carbocycles. The Hall–Kier alpha value is -2.35. The van der Waals surface area contributed by atoms with E-state index in [0.717, 1.165) is 0 Å². The van der Waals surface area contributed by atoms with Crippen LogP contribution >= 0.6 is 0 Å². The molecule has 0 aliphatic heterocycles. The van der Waals surface area contributed by atoms with Crippen molar-refractivity contribution in [1.29, 1.82) is 0 Å². The van der Waals surface area contributed by atoms with Gasteiger partial charge in [-0.2, -0.15) is 0 Å². The van der Waals surface area contributed by atoms with Gasteiger partial charge in [-0.05, 0) is 13.0 Å². The van der Waals surface area contributed by atoms with Crippen LogP contribution in [0.2, 0.25) is 0 Å². The second-order valence-electron chi connectivity index (χ2n) is 2.80. The second kappa shape index (κ2) is 5.51. The van der Waals surface area contributed by atoms with Gasteiger partial charge in [0.15, 0.2) is 0 Å². The summed E-state index contributed by atoms with van der Waals surface area (Å²) in [6.07, 6.45) is 2.76. The summed E-state index contributed by atoms with van der Waals surface area (Å²) in [7, 11) is 0. The lowest BCUT2D eigenvalue weighted by molar-refractivity contribution is -0.136. The van der Waals surface area contributed by atoms with Gasteiger partial charge in [0, 0.05) is 23.9 Å². The highest BCUT2D eigenvalue weighted by atomic mass is 16.5. The molecule has 82 valence electrons. The average molecular weight is 218 g/mol. The summed E-state index contributed by atoms with van der Waals surface area (Å²) in [5.74, 6) is 3.58. The number of carbonyl (C=O) groups excluding carboxylic acids is 2. The van der Waals surface area contributed by atoms with E-state index in [9.17, 15) is 9.59 Å². The molecule has 16 heavy (non-hydrogen) atoms. The fourth-order valence-electron chi connectivity index (χ4n) is 0.933. The quantitative estimate of drug-likeness (QED) is 0.563. The van der Waals surface area contributed by atoms with Crippen molar-refractivity contribution in [2.45, 2.75) is 6.92 Å². The zero-order chi connectivity index (χ0) is 12.0. The van der Waals surface area contributed by atoms with Crippen LogP contribution in [0.1, 0.15) is 22.8 Å². The smallest absolute Gasteiger partial charge is 0.384 e. The standard InChI is InChI=1S/C11H10N2O3/c1-2-16-10(14)4-3-8-5-9(11(12)15)7-13-6-8/h5-7H,2H2,1H3,(H2,12,15). The third-order valence-electron chi connectivity index (χ3n) is 1.61. The summed E-state index contributed by atoms with van der Waals surface area (Å²) in [6.45, 7) is 1.96. The van der Waals surface area contributed by atoms with Gasteiger partial charge in [-0.25, -0.2) is 4.79 Å². The molecule has 0 aliphatic rings. The third kappa shape index (κ3) is 3.42. The maximum atomic E-state index is 10.9. The van der Waals surface area contributed by atoms with E-state index in [1.165, 1.54) is 18.5 Å². The van der Waals surface area contributed by atoms with Gasteiger partial charge >= 0.3 is 5.97 Å². The zero-order valence-corrected chi connectivity index (χ0v) is 8.69. The highest BCUT2D eigenvalue weighted by Gasteiger charge is 2.00. The van der Waals surface area contributed by atoms with Crippen LogP contribution < -0.4 is 5.73 Å². The molecule has 1 rings (SSSR count). The van der Waals surface area contributed by atoms with Crippen LogP contribution in [0, 0.1) is 11.8 Å². The number of rotatable bonds is 2. The van der Waals surface area contributed by atoms with E-state index in [-0.39, 0.29) is 12.2 Å². The number of hydrogen-bond acceptors (Lipinski definition) is 4. The van der Waals surface area contributed by atoms with Crippen LogP contribution in [-0.4, -0.2) is 23.5 Å². The average Bonchev–Trinajstić information content (AvgIpc) is 2.27. The predicted molar refractivity (Wildman–Crippen MR) is 56.3 cm³/mol. The van der Waals surface area contributed by atoms with Crippen molar-refractivity contribution >= 4 is 11.9 Å². The van der Waals surface area contributed by atoms with Crippen molar-refractivity contribution in [2.24, 2.45) is 5.73 Å². The summed E-state index contributed by atoms with van der Waals surface area (Å²) in [4.78, 5) is 25.5. The highest BCUT2D eigenvalue weighted by Crippen LogP contribution is 2.00. The number of carbonyl (C=O) groups is 2. The molecule has 5 heteroatoms. The first-order valence-electron chi connectivity index (χ1n) is 4.57. The number of nitrogens with zero attached hydrogens (tertiary/aromatic N) is 1. The summed E-state index contributed by atoms with van der Waals surface area (Å²) in [5.41, 5.74) is 5.75. The normalized spacial score (nSPS) is 8.81. The Morgan fingerprint density at radius 1 is 1.50 bits per heavy atom. The number of esters is 1. The van der Waals surface area contributed by atoms with Crippen molar-refractivity contribution in [3.63, 3.8) is 0 Å². The SMILES string of the molecule is CCOC(=O)C#Cc1cncc(C(N)=O)c1. The molecule has 1 amide bonds. The molecule has 0 aromatic carbocycles. The Balaban J connectivity index is 2.85. The Labute approximate surface area is 92.6 Å². The van der Waals surface area contributed by atoms with Crippen molar-refractivity contribution in [3.05, 3.63) is 29.6 Å². The zero-order valence-electron chi connectivity index (χ0n) is 8.69. The maximum Gasteiger partial charge on any atom is 0.384 e. The van der Waals surface area contributed by atoms with E-state index in [2.05, 4.69) is 21.6 Å². The molecule has 0 atom stereocenters. The first kappa shape index (κ1) is 11.7. The molecule has 1 heterocycles. The number of hydrogen-bond donors (Lipinski definition) is 1. The Bertz CT molecular complexity index is 472. The number of ether oxygens (including phenoxy) is 1. The monoisotopic (exact) mass is 218 g/mol. The molecule has 0 saturated heterocycles. The lowest BCUT2D eigenvalue weighted by Gasteiger charge is -1.94. The first-order chi connectivity index (χ1) is 7.63. The lowest BCUT2D eigenvalue weighted by Crippen LogP contribution is -2.11. The van der Waals surface area contributed by atoms with Gasteiger partial charge in [0.25, 0.3) is 0 Å². The molecule has 0 spiro atoms. The summed E-state index contributed by atoms with van der Waals surface area (Å²) < 4.78 is 4.62. The van der Waals surface area contributed by atoms with E-state index in [1.54, 1.807) is 6.92 Å². The summed E-state index contributed by atoms with van der Waals surface area (Å²) >= 11 is 0. The van der Waals surface area contributed by atoms with Gasteiger partial charge in [0.2, 0.25) is 5.91 Å². The van der Waals surface area contributed by atoms with Gasteiger partial charge in [-0.3, -0.25) is 9.78 Å². The van der Waals surface area contributed by atoms with Gasteiger partial charge in [-0.1, -0.05) is 5.92 Å². The van der Waals surface area contributed by atoms with Crippen LogP contribution in [0.3, 0.4) is 0 Å². The highest BCUT2D eigenvalue weighted by molar-refractivity contribution is 5.93. The van der Waals surface area contributed by atoms with Crippen molar-refractivity contribution in [3.8, 4) is 11.8 Å². The third-order valence-corrected chi connectivity index (χ3v) is 1.61. The van der Waals surface area contributed by atoms with Gasteiger partial charge in [-0.15, -0.1) is 0 Å². The minimum Gasteiger partial charge on any atom is -0.456 e. The Morgan fingerprint density at radius 2 is 2.25 bits per heavy atom. The van der Waals surface area contributed by atoms with Crippen LogP contribution in [0.15, 0.2) is 18.5 Å². The summed E-state index contributed by atoms with van der Waals surface area (Å²) in [5, 5.41) is 0. The van der Waals surface area contributed by atoms with Gasteiger partial charge in [0.05, 0.1) is 12.2 Å². The number of pyridine rings is 1. The molecule has 1 aromatic rings. The molecule has 0 radical (unpaired) electrons. The number of amides is 1. The van der Waals surface area contributed by atoms with Crippen molar-refractivity contribution in [1.82, 2.24) is 4.98 Å². The molecule has 0 unspecified atom stereocenters. The predicted octanol–water partition coefficient (Wildman–Crippen LogP) is 0.0951. The molecular formula is C11H10N2O3. The largest absolute Gasteiger partial charge is 0.456 e. The number of aromatic nitrogens is 1. The van der Waals surface area contributed by atoms with Gasteiger partial charge < -0.3 is 10.5 Å². The van der Waals surface area contributed by atoms with Crippen LogP contribution in [0.5, 0.6) is 0 Å². The van der Waals surface area contributed by atoms with E-state index < -0.39 is 11.9 Å². The fraction of sp³-hybridized carbons (Fsp3) is 0.182. The van der Waals surface area contributed by atoms with Crippen molar-refractivity contribution < 1.29 is 14.3 Å². The molecule has 1 aromatic heterocycles. The minimum atomic E-state index is -0.619. The van der Waals surface area contributed by atoms with Gasteiger partial charge in [0.1, 0.15) is 0 Å². The van der Waals surface area contributed by atoms with E-state index in [1.807, 2.05) is 0 Å². The molecule has 0 bridgehead atoms. The van der Waals surface area contributed by atoms with E-state index in [4.69, 9.17) is 5.73 Å². The lowest BCUT2D eigenvalue weighted by atomic mass is 10.2. The van der Waals surface area contributed by atoms with E-state index >= 15 is 0 Å². The second-order valence-corrected chi connectivity index (χ2v) is 2.80. The van der Waals surface area contributed by atoms with Crippen molar-refractivity contribution in [2.75, 3.05) is 6.61 Å². The van der Waals surface area contributed by atoms with Crippen LogP contribution in [-0.2, 0) is 9.53 Å². The first-order valence-corrected chi connectivity index (χ1v) is 4.57. The molecule has 5 nitrogen and oxygen atoms in total. The minimum absolute atomic E-state index is 0.246. The Kier molecular flexibility index (Phi) is 4.04. The molecule has 0 fully saturated rings. The van der Waals surface area contributed by atoms with Crippen LogP contribution in [0.25, 0.3) is 0 Å². The molecule has 0 saturated carbocycles. The molecule has 2 N–H and O–H groups in total.